The van der Waals surface area contributed by atoms with E-state index in [1.54, 1.807) is 49.1 Å². The lowest BCUT2D eigenvalue weighted by Gasteiger charge is -2.43. The van der Waals surface area contributed by atoms with Crippen molar-refractivity contribution in [3.05, 3.63) is 77.4 Å². The second-order valence-electron chi connectivity index (χ2n) is 15.7. The van der Waals surface area contributed by atoms with Crippen LogP contribution in [0.3, 0.4) is 0 Å². The molecule has 4 amide bonds. The van der Waals surface area contributed by atoms with Crippen molar-refractivity contribution in [2.75, 3.05) is 53.2 Å². The Labute approximate surface area is 347 Å². The van der Waals surface area contributed by atoms with E-state index < -0.39 is 40.3 Å². The number of thiol groups is 1. The number of benzene rings is 3. The molecule has 17 heteroatoms. The third-order valence-corrected chi connectivity index (χ3v) is 11.6. The molecular formula is C42H49F3N8O5S. The number of rotatable bonds is 12. The van der Waals surface area contributed by atoms with Gasteiger partial charge in [0.2, 0.25) is 17.7 Å². The SMILES string of the molecule is CCc1cc(N2C(S)N(c3ccc(C#N)c(C(F)(F)F)c3)C(=O)C2(C)C)ccc1OCCN1C[C@@H](C)N(CC(=O)Nc2cccc(NC3CCC(=O)NC3=O)c2)C[C@@H]1C. The summed E-state index contributed by atoms with van der Waals surface area (Å²) in [5.74, 6) is -0.565. The summed E-state index contributed by atoms with van der Waals surface area (Å²) in [7, 11) is 0. The van der Waals surface area contributed by atoms with E-state index in [-0.39, 0.29) is 48.5 Å². The molecule has 0 saturated carbocycles. The van der Waals surface area contributed by atoms with Crippen LogP contribution in [-0.4, -0.2) is 95.4 Å². The second-order valence-corrected chi connectivity index (χ2v) is 16.1. The summed E-state index contributed by atoms with van der Waals surface area (Å²) in [5, 5.41) is 17.7. The number of anilines is 4. The van der Waals surface area contributed by atoms with E-state index in [1.807, 2.05) is 25.1 Å². The Morgan fingerprint density at radius 1 is 1.00 bits per heavy atom. The summed E-state index contributed by atoms with van der Waals surface area (Å²) >= 11 is 4.73. The third kappa shape index (κ3) is 9.45. The van der Waals surface area contributed by atoms with Crippen LogP contribution < -0.4 is 30.5 Å². The minimum absolute atomic E-state index is 0.0101. The highest BCUT2D eigenvalue weighted by Gasteiger charge is 2.52. The van der Waals surface area contributed by atoms with Crippen LogP contribution >= 0.6 is 12.6 Å². The van der Waals surface area contributed by atoms with Gasteiger partial charge in [0.25, 0.3) is 5.91 Å². The molecule has 0 aromatic heterocycles. The number of halogens is 3. The number of nitrogens with one attached hydrogen (secondary N) is 3. The van der Waals surface area contributed by atoms with Gasteiger partial charge in [0, 0.05) is 60.9 Å². The molecule has 3 aliphatic rings. The van der Waals surface area contributed by atoms with Crippen molar-refractivity contribution in [1.82, 2.24) is 15.1 Å². The van der Waals surface area contributed by atoms with Crippen molar-refractivity contribution >= 4 is 59.0 Å². The molecule has 3 aromatic carbocycles. The lowest BCUT2D eigenvalue weighted by Crippen LogP contribution is -2.58. The van der Waals surface area contributed by atoms with E-state index in [2.05, 4.69) is 39.6 Å². The molecule has 0 spiro atoms. The normalized spacial score (nSPS) is 22.5. The number of imide groups is 1. The first-order valence-corrected chi connectivity index (χ1v) is 20.1. The molecule has 3 heterocycles. The summed E-state index contributed by atoms with van der Waals surface area (Å²) in [6.45, 7) is 12.2. The lowest BCUT2D eigenvalue weighted by atomic mass is 10.0. The number of hydrogen-bond acceptors (Lipinski definition) is 11. The Morgan fingerprint density at radius 3 is 2.39 bits per heavy atom. The fourth-order valence-corrected chi connectivity index (χ4v) is 8.60. The molecule has 13 nitrogen and oxygen atoms in total. The van der Waals surface area contributed by atoms with Gasteiger partial charge in [-0.25, -0.2) is 0 Å². The van der Waals surface area contributed by atoms with E-state index in [9.17, 15) is 37.6 Å². The molecule has 0 radical (unpaired) electrons. The fourth-order valence-electron chi connectivity index (χ4n) is 7.94. The minimum Gasteiger partial charge on any atom is -0.492 e. The number of carbonyl (C=O) groups is 4. The van der Waals surface area contributed by atoms with E-state index >= 15 is 0 Å². The van der Waals surface area contributed by atoms with Crippen molar-refractivity contribution in [3.63, 3.8) is 0 Å². The molecule has 0 bridgehead atoms. The quantitative estimate of drug-likeness (QED) is 0.134. The zero-order valence-electron chi connectivity index (χ0n) is 33.6. The topological polar surface area (TPSA) is 150 Å². The highest BCUT2D eigenvalue weighted by Crippen LogP contribution is 2.43. The standard InChI is InChI=1S/C42H49F3N8O5S/c1-6-27-18-32(53-40(59)52(39(57)41(53,4)5)31-11-10-28(21-46)33(20-31)42(43,44)45)12-14-35(27)58-17-16-50-22-26(3)51(23-25(50)2)24-37(55)48-30-9-7-8-29(19-30)47-34-13-15-36(54)49-38(34)56/h7-12,14,18-20,25-26,34,40,47,59H,6,13,15-17,22-24H2,1-5H3,(H,48,55)(H,49,54,56)/t25-,26+,34?,40?/m0/s1. The van der Waals surface area contributed by atoms with E-state index in [0.717, 1.165) is 24.2 Å². The average Bonchev–Trinajstić information content (AvgIpc) is 3.35. The van der Waals surface area contributed by atoms with Crippen LogP contribution in [0.25, 0.3) is 0 Å². The number of aryl methyl sites for hydroxylation is 1. The summed E-state index contributed by atoms with van der Waals surface area (Å²) in [6.07, 6.45) is -3.50. The predicted molar refractivity (Wildman–Crippen MR) is 221 cm³/mol. The fraction of sp³-hybridized carbons (Fsp3) is 0.452. The summed E-state index contributed by atoms with van der Waals surface area (Å²) in [6, 6.07) is 17.2. The van der Waals surface area contributed by atoms with Gasteiger partial charge in [0.05, 0.1) is 23.7 Å². The van der Waals surface area contributed by atoms with E-state index in [4.69, 9.17) is 17.4 Å². The largest absolute Gasteiger partial charge is 0.492 e. The molecule has 0 aliphatic carbocycles. The number of ether oxygens (including phenoxy) is 1. The van der Waals surface area contributed by atoms with Crippen LogP contribution in [0.5, 0.6) is 5.75 Å². The number of amides is 4. The van der Waals surface area contributed by atoms with Crippen LogP contribution in [0.15, 0.2) is 60.7 Å². The Hall–Kier alpha value is -5.31. The Bertz CT molecular complexity index is 2140. The number of nitriles is 1. The average molecular weight is 835 g/mol. The van der Waals surface area contributed by atoms with E-state index in [1.165, 1.54) is 11.0 Å². The van der Waals surface area contributed by atoms with E-state index in [0.29, 0.717) is 55.3 Å². The Kier molecular flexibility index (Phi) is 12.8. The maximum Gasteiger partial charge on any atom is 0.417 e. The molecule has 3 saturated heterocycles. The van der Waals surface area contributed by atoms with Gasteiger partial charge >= 0.3 is 6.18 Å². The zero-order chi connectivity index (χ0) is 42.8. The van der Waals surface area contributed by atoms with Gasteiger partial charge in [-0.1, -0.05) is 13.0 Å². The highest BCUT2D eigenvalue weighted by atomic mass is 32.1. The zero-order valence-corrected chi connectivity index (χ0v) is 34.5. The van der Waals surface area contributed by atoms with Gasteiger partial charge in [0.15, 0.2) is 5.50 Å². The van der Waals surface area contributed by atoms with Crippen molar-refractivity contribution in [2.24, 2.45) is 0 Å². The first-order valence-electron chi connectivity index (χ1n) is 19.6. The first kappa shape index (κ1) is 43.3. The summed E-state index contributed by atoms with van der Waals surface area (Å²) in [4.78, 5) is 58.0. The summed E-state index contributed by atoms with van der Waals surface area (Å²) in [5.41, 5.74) is -0.956. The molecular weight excluding hydrogens is 786 g/mol. The number of piperazine rings is 1. The molecule has 3 aromatic rings. The number of alkyl halides is 3. The number of carbonyl (C=O) groups excluding carboxylic acids is 4. The van der Waals surface area contributed by atoms with Crippen molar-refractivity contribution in [2.45, 2.75) is 89.2 Å². The van der Waals surface area contributed by atoms with Gasteiger partial charge in [0.1, 0.15) is 23.9 Å². The van der Waals surface area contributed by atoms with Crippen molar-refractivity contribution in [1.29, 1.82) is 5.26 Å². The van der Waals surface area contributed by atoms with Gasteiger partial charge in [-0.15, -0.1) is 12.6 Å². The third-order valence-electron chi connectivity index (χ3n) is 11.2. The molecule has 314 valence electrons. The number of nitrogens with zero attached hydrogens (tertiary/aromatic N) is 5. The monoisotopic (exact) mass is 834 g/mol. The molecule has 6 rings (SSSR count). The van der Waals surface area contributed by atoms with Crippen LogP contribution in [0.1, 0.15) is 64.2 Å². The van der Waals surface area contributed by atoms with Crippen molar-refractivity contribution in [3.8, 4) is 11.8 Å². The van der Waals surface area contributed by atoms with Crippen LogP contribution in [-0.2, 0) is 31.8 Å². The van der Waals surface area contributed by atoms with Gasteiger partial charge in [-0.3, -0.25) is 39.2 Å². The predicted octanol–water partition coefficient (Wildman–Crippen LogP) is 5.61. The first-order chi connectivity index (χ1) is 27.9. The van der Waals surface area contributed by atoms with Crippen LogP contribution in [0.4, 0.5) is 35.9 Å². The molecule has 59 heavy (non-hydrogen) atoms. The number of piperidine rings is 1. The summed E-state index contributed by atoms with van der Waals surface area (Å²) < 4.78 is 47.7. The lowest BCUT2D eigenvalue weighted by molar-refractivity contribution is -0.138. The Morgan fingerprint density at radius 2 is 1.69 bits per heavy atom. The molecule has 3 fully saturated rings. The van der Waals surface area contributed by atoms with Gasteiger partial charge < -0.3 is 20.3 Å². The smallest absolute Gasteiger partial charge is 0.417 e. The minimum atomic E-state index is -4.78. The van der Waals surface area contributed by atoms with Crippen molar-refractivity contribution < 1.29 is 37.1 Å². The Balaban J connectivity index is 1.03. The van der Waals surface area contributed by atoms with Gasteiger partial charge in [-0.05, 0) is 101 Å². The molecule has 2 unspecified atom stereocenters. The number of hydrogen-bond donors (Lipinski definition) is 4. The van der Waals surface area contributed by atoms with Crippen LogP contribution in [0.2, 0.25) is 0 Å². The second kappa shape index (κ2) is 17.5. The molecule has 4 atom stereocenters. The maximum absolute atomic E-state index is 13.8. The molecule has 3 N–H and O–H groups in total. The van der Waals surface area contributed by atoms with Gasteiger partial charge in [-0.2, -0.15) is 18.4 Å². The molecule has 3 aliphatic heterocycles. The highest BCUT2D eigenvalue weighted by molar-refractivity contribution is 7.81. The van der Waals surface area contributed by atoms with Crippen LogP contribution in [0, 0.1) is 11.3 Å². The maximum atomic E-state index is 13.8.